The van der Waals surface area contributed by atoms with Crippen molar-refractivity contribution in [1.29, 1.82) is 0 Å². The fraction of sp³-hybridized carbons (Fsp3) is 0.688. The first-order valence-electron chi connectivity index (χ1n) is 7.76. The average Bonchev–Trinajstić information content (AvgIpc) is 2.96. The molecule has 19 heavy (non-hydrogen) atoms. The summed E-state index contributed by atoms with van der Waals surface area (Å²) in [7, 11) is 0. The predicted octanol–water partition coefficient (Wildman–Crippen LogP) is 3.11. The third kappa shape index (κ3) is 2.92. The molecule has 0 bridgehead atoms. The van der Waals surface area contributed by atoms with Crippen LogP contribution in [-0.4, -0.2) is 23.6 Å². The summed E-state index contributed by atoms with van der Waals surface area (Å²) in [6.07, 6.45) is 10.0. The zero-order valence-electron chi connectivity index (χ0n) is 11.9. The zero-order valence-corrected chi connectivity index (χ0v) is 11.9. The van der Waals surface area contributed by atoms with Gasteiger partial charge in [-0.1, -0.05) is 12.8 Å². The van der Waals surface area contributed by atoms with E-state index < -0.39 is 0 Å². The van der Waals surface area contributed by atoms with Gasteiger partial charge in [0.2, 0.25) is 0 Å². The van der Waals surface area contributed by atoms with E-state index in [0.29, 0.717) is 6.04 Å². The fourth-order valence-corrected chi connectivity index (χ4v) is 3.73. The van der Waals surface area contributed by atoms with Crippen molar-refractivity contribution in [2.75, 3.05) is 11.9 Å². The molecule has 1 aromatic rings. The Labute approximate surface area is 116 Å². The van der Waals surface area contributed by atoms with Crippen LogP contribution in [0.3, 0.4) is 0 Å². The van der Waals surface area contributed by atoms with Crippen LogP contribution in [0.1, 0.15) is 44.2 Å². The van der Waals surface area contributed by atoms with Gasteiger partial charge in [0.1, 0.15) is 0 Å². The summed E-state index contributed by atoms with van der Waals surface area (Å²) in [6.45, 7) is 3.30. The first-order valence-corrected chi connectivity index (χ1v) is 7.76. The monoisotopic (exact) mass is 259 g/mol. The molecular formula is C16H25N3. The largest absolute Gasteiger partial charge is 0.381 e. The van der Waals surface area contributed by atoms with E-state index >= 15 is 0 Å². The number of aromatic nitrogens is 1. The minimum atomic E-state index is 0.618. The molecular weight excluding hydrogens is 234 g/mol. The summed E-state index contributed by atoms with van der Waals surface area (Å²) in [6, 6.07) is 5.54. The van der Waals surface area contributed by atoms with Crippen molar-refractivity contribution in [2.24, 2.45) is 5.92 Å². The van der Waals surface area contributed by atoms with Crippen molar-refractivity contribution in [1.82, 2.24) is 10.3 Å². The second-order valence-corrected chi connectivity index (χ2v) is 6.04. The number of rotatable bonds is 3. The minimum Gasteiger partial charge on any atom is -0.381 e. The molecule has 0 spiro atoms. The molecule has 104 valence electrons. The van der Waals surface area contributed by atoms with Crippen molar-refractivity contribution in [3.8, 4) is 0 Å². The second kappa shape index (κ2) is 5.91. The Morgan fingerprint density at radius 1 is 1.21 bits per heavy atom. The van der Waals surface area contributed by atoms with Crippen LogP contribution in [0.25, 0.3) is 0 Å². The van der Waals surface area contributed by atoms with Gasteiger partial charge in [-0.05, 0) is 57.2 Å². The molecule has 3 heteroatoms. The van der Waals surface area contributed by atoms with Crippen LogP contribution in [-0.2, 0) is 0 Å². The summed E-state index contributed by atoms with van der Waals surface area (Å²) >= 11 is 0. The smallest absolute Gasteiger partial charge is 0.0603 e. The highest BCUT2D eigenvalue weighted by Gasteiger charge is 2.33. The van der Waals surface area contributed by atoms with Crippen LogP contribution in [0.5, 0.6) is 0 Å². The third-order valence-corrected chi connectivity index (χ3v) is 4.78. The van der Waals surface area contributed by atoms with E-state index in [1.54, 1.807) is 0 Å². The van der Waals surface area contributed by atoms with Gasteiger partial charge in [-0.2, -0.15) is 0 Å². The van der Waals surface area contributed by atoms with Crippen LogP contribution in [0.4, 0.5) is 5.69 Å². The molecule has 2 fully saturated rings. The Morgan fingerprint density at radius 2 is 2.11 bits per heavy atom. The van der Waals surface area contributed by atoms with Crippen LogP contribution >= 0.6 is 0 Å². The lowest BCUT2D eigenvalue weighted by Crippen LogP contribution is -2.43. The van der Waals surface area contributed by atoms with Gasteiger partial charge in [0.05, 0.1) is 11.4 Å². The van der Waals surface area contributed by atoms with Gasteiger partial charge < -0.3 is 10.6 Å². The van der Waals surface area contributed by atoms with Crippen molar-refractivity contribution in [2.45, 2.75) is 57.5 Å². The van der Waals surface area contributed by atoms with Crippen LogP contribution < -0.4 is 10.6 Å². The van der Waals surface area contributed by atoms with Gasteiger partial charge in [0, 0.05) is 18.3 Å². The van der Waals surface area contributed by atoms with Gasteiger partial charge in [-0.15, -0.1) is 0 Å². The number of hydrogen-bond acceptors (Lipinski definition) is 3. The number of anilines is 1. The molecule has 0 radical (unpaired) electrons. The molecule has 1 aliphatic heterocycles. The molecule has 1 saturated carbocycles. The Kier molecular flexibility index (Phi) is 4.02. The highest BCUT2D eigenvalue weighted by atomic mass is 15.0. The molecule has 1 saturated heterocycles. The van der Waals surface area contributed by atoms with E-state index in [9.17, 15) is 0 Å². The van der Waals surface area contributed by atoms with Gasteiger partial charge >= 0.3 is 0 Å². The van der Waals surface area contributed by atoms with Gasteiger partial charge in [-0.25, -0.2) is 0 Å². The quantitative estimate of drug-likeness (QED) is 0.875. The maximum Gasteiger partial charge on any atom is 0.0603 e. The Hall–Kier alpha value is -1.09. The number of pyridine rings is 1. The average molecular weight is 259 g/mol. The second-order valence-electron chi connectivity index (χ2n) is 6.04. The van der Waals surface area contributed by atoms with Gasteiger partial charge in [0.15, 0.2) is 0 Å². The van der Waals surface area contributed by atoms with E-state index in [4.69, 9.17) is 0 Å². The maximum absolute atomic E-state index is 4.39. The summed E-state index contributed by atoms with van der Waals surface area (Å²) in [5.41, 5.74) is 2.34. The molecule has 0 aromatic carbocycles. The standard InChI is InChI=1S/C16H25N3/c1-12-14(8-4-10-17-12)19-16-7-3-2-6-13(16)15-9-5-11-18-15/h4,8,10,13,15-16,18-19H,2-3,5-7,9,11H2,1H3. The molecule has 3 unspecified atom stereocenters. The van der Waals surface area contributed by atoms with Gasteiger partial charge in [0.25, 0.3) is 0 Å². The number of nitrogens with one attached hydrogen (secondary N) is 2. The van der Waals surface area contributed by atoms with Gasteiger partial charge in [-0.3, -0.25) is 4.98 Å². The van der Waals surface area contributed by atoms with Crippen molar-refractivity contribution >= 4 is 5.69 Å². The molecule has 2 heterocycles. The lowest BCUT2D eigenvalue weighted by Gasteiger charge is -2.37. The van der Waals surface area contributed by atoms with E-state index in [-0.39, 0.29) is 0 Å². The topological polar surface area (TPSA) is 37.0 Å². The number of hydrogen-bond donors (Lipinski definition) is 2. The SMILES string of the molecule is Cc1ncccc1NC1CCCCC1C1CCCN1. The van der Waals surface area contributed by atoms with E-state index in [0.717, 1.165) is 17.7 Å². The van der Waals surface area contributed by atoms with E-state index in [2.05, 4.69) is 28.6 Å². The first kappa shape index (κ1) is 12.9. The Morgan fingerprint density at radius 3 is 2.89 bits per heavy atom. The molecule has 0 amide bonds. The van der Waals surface area contributed by atoms with Crippen LogP contribution in [0.15, 0.2) is 18.3 Å². The first-order chi connectivity index (χ1) is 9.34. The number of nitrogens with zero attached hydrogens (tertiary/aromatic N) is 1. The fourth-order valence-electron chi connectivity index (χ4n) is 3.73. The maximum atomic E-state index is 4.39. The van der Waals surface area contributed by atoms with Crippen LogP contribution in [0.2, 0.25) is 0 Å². The zero-order chi connectivity index (χ0) is 13.1. The Balaban J connectivity index is 1.71. The third-order valence-electron chi connectivity index (χ3n) is 4.78. The van der Waals surface area contributed by atoms with Crippen LogP contribution in [0, 0.1) is 12.8 Å². The lowest BCUT2D eigenvalue weighted by molar-refractivity contribution is 0.262. The molecule has 1 aliphatic carbocycles. The summed E-state index contributed by atoms with van der Waals surface area (Å²) < 4.78 is 0. The van der Waals surface area contributed by atoms with E-state index in [1.165, 1.54) is 50.8 Å². The molecule has 2 N–H and O–H groups in total. The van der Waals surface area contributed by atoms with E-state index in [1.807, 2.05) is 12.3 Å². The van der Waals surface area contributed by atoms with Crippen molar-refractivity contribution < 1.29 is 0 Å². The predicted molar refractivity (Wildman–Crippen MR) is 79.4 cm³/mol. The number of aryl methyl sites for hydroxylation is 1. The molecule has 3 atom stereocenters. The molecule has 2 aliphatic rings. The molecule has 3 rings (SSSR count). The highest BCUT2D eigenvalue weighted by Crippen LogP contribution is 2.32. The van der Waals surface area contributed by atoms with Crippen molar-refractivity contribution in [3.05, 3.63) is 24.0 Å². The summed E-state index contributed by atoms with van der Waals surface area (Å²) in [5, 5.41) is 7.47. The lowest BCUT2D eigenvalue weighted by atomic mass is 9.79. The molecule has 1 aromatic heterocycles. The minimum absolute atomic E-state index is 0.618. The summed E-state index contributed by atoms with van der Waals surface area (Å²) in [5.74, 6) is 0.788. The molecule has 3 nitrogen and oxygen atoms in total. The summed E-state index contributed by atoms with van der Waals surface area (Å²) in [4.78, 5) is 4.39. The van der Waals surface area contributed by atoms with Crippen molar-refractivity contribution in [3.63, 3.8) is 0 Å². The highest BCUT2D eigenvalue weighted by molar-refractivity contribution is 5.47. The Bertz CT molecular complexity index is 412. The normalized spacial score (nSPS) is 31.3.